The standard InChI is InChI=1S/C22H28O6/c1-15(2)28-21(22(24)25)12-17-7-5-9-20(11-17)27-14-18(23)13-26-19-8-4-6-16(3)10-19/h4-11,15,18,21,23H,12-14H2,1-3H3,(H,24,25). The molecule has 0 aliphatic carbocycles. The Morgan fingerprint density at radius 2 is 1.61 bits per heavy atom. The van der Waals surface area contributed by atoms with Crippen LogP contribution in [0.4, 0.5) is 0 Å². The minimum absolute atomic E-state index is 0.0696. The zero-order valence-electron chi connectivity index (χ0n) is 16.5. The average Bonchev–Trinajstić information content (AvgIpc) is 2.64. The predicted octanol–water partition coefficient (Wildman–Crippen LogP) is 3.23. The molecule has 0 fully saturated rings. The zero-order valence-corrected chi connectivity index (χ0v) is 16.5. The van der Waals surface area contributed by atoms with Crippen molar-refractivity contribution in [2.45, 2.75) is 45.5 Å². The molecule has 0 heterocycles. The molecule has 0 saturated heterocycles. The summed E-state index contributed by atoms with van der Waals surface area (Å²) in [6.45, 7) is 5.76. The Kier molecular flexibility index (Phi) is 8.29. The summed E-state index contributed by atoms with van der Waals surface area (Å²) >= 11 is 0. The number of carbonyl (C=O) groups is 1. The van der Waals surface area contributed by atoms with E-state index in [0.717, 1.165) is 11.1 Å². The molecule has 6 heteroatoms. The number of carboxylic acids is 1. The van der Waals surface area contributed by atoms with Gasteiger partial charge < -0.3 is 24.4 Å². The van der Waals surface area contributed by atoms with Crippen molar-refractivity contribution < 1.29 is 29.2 Å². The Morgan fingerprint density at radius 3 is 2.18 bits per heavy atom. The second-order valence-corrected chi connectivity index (χ2v) is 6.96. The fraction of sp³-hybridized carbons (Fsp3) is 0.409. The third-order valence-electron chi connectivity index (χ3n) is 3.91. The summed E-state index contributed by atoms with van der Waals surface area (Å²) in [6.07, 6.45) is -1.64. The largest absolute Gasteiger partial charge is 0.491 e. The first-order valence-corrected chi connectivity index (χ1v) is 9.31. The highest BCUT2D eigenvalue weighted by molar-refractivity contribution is 5.72. The quantitative estimate of drug-likeness (QED) is 0.615. The fourth-order valence-electron chi connectivity index (χ4n) is 2.64. The summed E-state index contributed by atoms with van der Waals surface area (Å²) in [7, 11) is 0. The van der Waals surface area contributed by atoms with E-state index in [-0.39, 0.29) is 25.7 Å². The molecule has 28 heavy (non-hydrogen) atoms. The van der Waals surface area contributed by atoms with Crippen LogP contribution in [0.15, 0.2) is 48.5 Å². The topological polar surface area (TPSA) is 85.2 Å². The fourth-order valence-corrected chi connectivity index (χ4v) is 2.64. The van der Waals surface area contributed by atoms with Crippen molar-refractivity contribution in [2.75, 3.05) is 13.2 Å². The van der Waals surface area contributed by atoms with Gasteiger partial charge in [-0.15, -0.1) is 0 Å². The van der Waals surface area contributed by atoms with Gasteiger partial charge in [-0.2, -0.15) is 0 Å². The molecule has 0 bridgehead atoms. The molecule has 2 aromatic carbocycles. The summed E-state index contributed by atoms with van der Waals surface area (Å²) in [4.78, 5) is 11.3. The number of rotatable bonds is 11. The monoisotopic (exact) mass is 388 g/mol. The molecule has 0 amide bonds. The summed E-state index contributed by atoms with van der Waals surface area (Å²) in [5, 5.41) is 19.4. The van der Waals surface area contributed by atoms with Gasteiger partial charge in [-0.1, -0.05) is 24.3 Å². The van der Waals surface area contributed by atoms with Crippen LogP contribution in [0.1, 0.15) is 25.0 Å². The van der Waals surface area contributed by atoms with Gasteiger partial charge in [0.2, 0.25) is 0 Å². The number of carboxylic acid groups (broad SMARTS) is 1. The number of aryl methyl sites for hydroxylation is 1. The lowest BCUT2D eigenvalue weighted by molar-refractivity contribution is -0.153. The van der Waals surface area contributed by atoms with Crippen molar-refractivity contribution in [3.63, 3.8) is 0 Å². The Labute approximate surface area is 165 Å². The predicted molar refractivity (Wildman–Crippen MR) is 106 cm³/mol. The first-order valence-electron chi connectivity index (χ1n) is 9.31. The van der Waals surface area contributed by atoms with E-state index in [4.69, 9.17) is 14.2 Å². The van der Waals surface area contributed by atoms with Crippen LogP contribution >= 0.6 is 0 Å². The summed E-state index contributed by atoms with van der Waals surface area (Å²) in [5.74, 6) is 0.260. The van der Waals surface area contributed by atoms with E-state index in [2.05, 4.69) is 0 Å². The Hall–Kier alpha value is -2.57. The van der Waals surface area contributed by atoms with E-state index in [0.29, 0.717) is 11.5 Å². The number of aliphatic carboxylic acids is 1. The summed E-state index contributed by atoms with van der Waals surface area (Å²) < 4.78 is 16.6. The van der Waals surface area contributed by atoms with Gasteiger partial charge in [0.05, 0.1) is 6.10 Å². The lowest BCUT2D eigenvalue weighted by atomic mass is 10.1. The molecule has 2 aromatic rings. The second-order valence-electron chi connectivity index (χ2n) is 6.96. The Bertz CT molecular complexity index is 758. The van der Waals surface area contributed by atoms with Gasteiger partial charge in [0.1, 0.15) is 30.8 Å². The van der Waals surface area contributed by atoms with Gasteiger partial charge in [-0.25, -0.2) is 4.79 Å². The summed E-state index contributed by atoms with van der Waals surface area (Å²) in [6, 6.07) is 14.7. The number of hydrogen-bond donors (Lipinski definition) is 2. The Balaban J connectivity index is 1.85. The molecule has 6 nitrogen and oxygen atoms in total. The highest BCUT2D eigenvalue weighted by Gasteiger charge is 2.20. The molecular weight excluding hydrogens is 360 g/mol. The van der Waals surface area contributed by atoms with Crippen molar-refractivity contribution in [2.24, 2.45) is 0 Å². The van der Waals surface area contributed by atoms with Gasteiger partial charge in [0.15, 0.2) is 6.10 Å². The molecule has 2 atom stereocenters. The first kappa shape index (κ1) is 21.7. The van der Waals surface area contributed by atoms with Gasteiger partial charge >= 0.3 is 5.97 Å². The van der Waals surface area contributed by atoms with E-state index in [1.165, 1.54) is 0 Å². The maximum atomic E-state index is 11.3. The van der Waals surface area contributed by atoms with Crippen LogP contribution in [0, 0.1) is 6.92 Å². The smallest absolute Gasteiger partial charge is 0.333 e. The van der Waals surface area contributed by atoms with Gasteiger partial charge in [0.25, 0.3) is 0 Å². The second kappa shape index (κ2) is 10.7. The van der Waals surface area contributed by atoms with Crippen molar-refractivity contribution in [3.05, 3.63) is 59.7 Å². The van der Waals surface area contributed by atoms with E-state index in [9.17, 15) is 15.0 Å². The molecule has 0 aliphatic heterocycles. The lowest BCUT2D eigenvalue weighted by Crippen LogP contribution is -2.29. The van der Waals surface area contributed by atoms with Crippen molar-refractivity contribution >= 4 is 5.97 Å². The molecule has 0 saturated carbocycles. The van der Waals surface area contributed by atoms with Crippen LogP contribution in [-0.2, 0) is 16.0 Å². The maximum Gasteiger partial charge on any atom is 0.333 e. The highest BCUT2D eigenvalue weighted by atomic mass is 16.5. The number of ether oxygens (including phenoxy) is 3. The van der Waals surface area contributed by atoms with Crippen LogP contribution in [-0.4, -0.2) is 47.7 Å². The average molecular weight is 388 g/mol. The number of aliphatic hydroxyl groups is 1. The zero-order chi connectivity index (χ0) is 20.5. The van der Waals surface area contributed by atoms with E-state index >= 15 is 0 Å². The van der Waals surface area contributed by atoms with Crippen LogP contribution < -0.4 is 9.47 Å². The number of benzene rings is 2. The van der Waals surface area contributed by atoms with Crippen LogP contribution in [0.5, 0.6) is 11.5 Å². The van der Waals surface area contributed by atoms with E-state index in [1.807, 2.05) is 37.3 Å². The molecule has 0 aromatic heterocycles. The first-order chi connectivity index (χ1) is 13.3. The minimum atomic E-state index is -0.997. The van der Waals surface area contributed by atoms with Crippen molar-refractivity contribution in [1.29, 1.82) is 0 Å². The molecule has 0 spiro atoms. The van der Waals surface area contributed by atoms with Gasteiger partial charge in [-0.3, -0.25) is 0 Å². The highest BCUT2D eigenvalue weighted by Crippen LogP contribution is 2.17. The molecule has 0 aliphatic rings. The Morgan fingerprint density at radius 1 is 1.00 bits per heavy atom. The van der Waals surface area contributed by atoms with Crippen LogP contribution in [0.2, 0.25) is 0 Å². The van der Waals surface area contributed by atoms with Gasteiger partial charge in [0, 0.05) is 6.42 Å². The lowest BCUT2D eigenvalue weighted by Gasteiger charge is -2.17. The normalized spacial score (nSPS) is 13.2. The summed E-state index contributed by atoms with van der Waals surface area (Å²) in [5.41, 5.74) is 1.87. The van der Waals surface area contributed by atoms with Crippen molar-refractivity contribution in [3.8, 4) is 11.5 Å². The molecular formula is C22H28O6. The maximum absolute atomic E-state index is 11.3. The van der Waals surface area contributed by atoms with Gasteiger partial charge in [-0.05, 0) is 56.2 Å². The molecule has 152 valence electrons. The number of aliphatic hydroxyl groups excluding tert-OH is 1. The van der Waals surface area contributed by atoms with E-state index in [1.54, 1.807) is 32.0 Å². The van der Waals surface area contributed by atoms with Crippen LogP contribution in [0.25, 0.3) is 0 Å². The number of hydrogen-bond acceptors (Lipinski definition) is 5. The molecule has 2 rings (SSSR count). The molecule has 0 radical (unpaired) electrons. The molecule has 2 N–H and O–H groups in total. The third kappa shape index (κ3) is 7.58. The third-order valence-corrected chi connectivity index (χ3v) is 3.91. The SMILES string of the molecule is Cc1cccc(OCC(O)COc2cccc(CC(OC(C)C)C(=O)O)c2)c1. The van der Waals surface area contributed by atoms with Crippen LogP contribution in [0.3, 0.4) is 0 Å². The van der Waals surface area contributed by atoms with Crippen molar-refractivity contribution in [1.82, 2.24) is 0 Å². The minimum Gasteiger partial charge on any atom is -0.491 e. The van der Waals surface area contributed by atoms with E-state index < -0.39 is 18.2 Å². The molecule has 2 unspecified atom stereocenters.